The van der Waals surface area contributed by atoms with E-state index in [1.807, 2.05) is 29.4 Å². The van der Waals surface area contributed by atoms with Crippen molar-refractivity contribution < 1.29 is 9.53 Å². The first-order chi connectivity index (χ1) is 15.6. The van der Waals surface area contributed by atoms with E-state index in [0.717, 1.165) is 53.7 Å². The molecule has 1 aliphatic carbocycles. The number of carbonyl (C=O) groups excluding carboxylic acids is 1. The summed E-state index contributed by atoms with van der Waals surface area (Å²) in [5.74, 6) is 2.35. The second kappa shape index (κ2) is 7.18. The van der Waals surface area contributed by atoms with Gasteiger partial charge in [0.25, 0.3) is 0 Å². The summed E-state index contributed by atoms with van der Waals surface area (Å²) in [5.41, 5.74) is 3.42. The average Bonchev–Trinajstić information content (AvgIpc) is 3.54. The van der Waals surface area contributed by atoms with Gasteiger partial charge in [-0.15, -0.1) is 0 Å². The highest BCUT2D eigenvalue weighted by Gasteiger charge is 2.41. The van der Waals surface area contributed by atoms with E-state index in [4.69, 9.17) is 9.72 Å². The van der Waals surface area contributed by atoms with E-state index in [1.54, 1.807) is 18.5 Å². The molecule has 4 aromatic rings. The molecule has 1 saturated carbocycles. The van der Waals surface area contributed by atoms with E-state index >= 15 is 0 Å². The largest absolute Gasteiger partial charge is 0.480 e. The number of rotatable bonds is 4. The van der Waals surface area contributed by atoms with Gasteiger partial charge in [-0.25, -0.2) is 9.50 Å². The van der Waals surface area contributed by atoms with Crippen molar-refractivity contribution in [3.63, 3.8) is 0 Å². The van der Waals surface area contributed by atoms with Gasteiger partial charge in [0.2, 0.25) is 17.7 Å². The third-order valence-electron chi connectivity index (χ3n) is 6.81. The maximum absolute atomic E-state index is 11.7. The Balaban J connectivity index is 1.27. The zero-order valence-corrected chi connectivity index (χ0v) is 17.9. The lowest BCUT2D eigenvalue weighted by atomic mass is 10.0. The number of aromatic nitrogens is 6. The summed E-state index contributed by atoms with van der Waals surface area (Å²) in [7, 11) is 1.63. The summed E-state index contributed by atoms with van der Waals surface area (Å²) >= 11 is 0. The van der Waals surface area contributed by atoms with Gasteiger partial charge >= 0.3 is 0 Å². The van der Waals surface area contributed by atoms with Crippen molar-refractivity contribution in [2.24, 2.45) is 11.8 Å². The van der Waals surface area contributed by atoms with Crippen LogP contribution in [0, 0.1) is 11.8 Å². The van der Waals surface area contributed by atoms with Gasteiger partial charge < -0.3 is 19.9 Å². The monoisotopic (exact) mass is 432 g/mol. The zero-order valence-electron chi connectivity index (χ0n) is 17.9. The fourth-order valence-corrected chi connectivity index (χ4v) is 5.28. The smallest absolute Gasteiger partial charge is 0.228 e. The number of aromatic amines is 1. The van der Waals surface area contributed by atoms with Crippen LogP contribution in [0.1, 0.15) is 19.8 Å². The summed E-state index contributed by atoms with van der Waals surface area (Å²) < 4.78 is 7.38. The number of hydrogen-bond donors (Lipinski definition) is 2. The Kier molecular flexibility index (Phi) is 4.27. The molecular weight excluding hydrogens is 408 g/mol. The Morgan fingerprint density at radius 2 is 2.06 bits per heavy atom. The molecule has 2 fully saturated rings. The van der Waals surface area contributed by atoms with Crippen LogP contribution in [0.2, 0.25) is 0 Å². The number of amides is 1. The van der Waals surface area contributed by atoms with Crippen LogP contribution in [0.3, 0.4) is 0 Å². The van der Waals surface area contributed by atoms with E-state index in [-0.39, 0.29) is 5.91 Å². The number of likely N-dealkylation sites (tertiary alicyclic amines) is 1. The van der Waals surface area contributed by atoms with Crippen molar-refractivity contribution in [3.05, 3.63) is 30.9 Å². The predicted molar refractivity (Wildman–Crippen MR) is 118 cm³/mol. The molecule has 1 saturated heterocycles. The van der Waals surface area contributed by atoms with E-state index in [1.165, 1.54) is 6.33 Å². The summed E-state index contributed by atoms with van der Waals surface area (Å²) in [6, 6.07) is 4.26. The SMILES string of the molecule is COc1nc(N[C@H]2C[C@@H]3CN(C(C)=O)C[C@@H]3C2)nc2[nH]cc(-c3ccn4ncnc4c3)c12. The maximum Gasteiger partial charge on any atom is 0.228 e. The lowest BCUT2D eigenvalue weighted by Gasteiger charge is -2.18. The highest BCUT2D eigenvalue weighted by Crippen LogP contribution is 2.40. The highest BCUT2D eigenvalue weighted by atomic mass is 16.5. The van der Waals surface area contributed by atoms with Gasteiger partial charge in [0.15, 0.2) is 5.65 Å². The first kappa shape index (κ1) is 19.0. The van der Waals surface area contributed by atoms with Crippen molar-refractivity contribution in [2.45, 2.75) is 25.8 Å². The molecule has 2 aliphatic rings. The average molecular weight is 432 g/mol. The van der Waals surface area contributed by atoms with Gasteiger partial charge in [-0.3, -0.25) is 4.79 Å². The van der Waals surface area contributed by atoms with Crippen molar-refractivity contribution in [1.82, 2.24) is 34.4 Å². The van der Waals surface area contributed by atoms with E-state index in [2.05, 4.69) is 25.4 Å². The molecule has 6 rings (SSSR count). The minimum absolute atomic E-state index is 0.174. The van der Waals surface area contributed by atoms with Gasteiger partial charge in [-0.05, 0) is 42.4 Å². The summed E-state index contributed by atoms with van der Waals surface area (Å²) in [6.45, 7) is 3.37. The second-order valence-electron chi connectivity index (χ2n) is 8.72. The van der Waals surface area contributed by atoms with Gasteiger partial charge in [0, 0.05) is 44.0 Å². The van der Waals surface area contributed by atoms with Gasteiger partial charge in [-0.2, -0.15) is 15.1 Å². The minimum atomic E-state index is 0.174. The fraction of sp³-hybridized carbons (Fsp3) is 0.409. The van der Waals surface area contributed by atoms with Crippen LogP contribution in [0.5, 0.6) is 5.88 Å². The molecule has 0 unspecified atom stereocenters. The molecule has 10 heteroatoms. The molecule has 0 spiro atoms. The number of ether oxygens (including phenoxy) is 1. The Labute approximate surface area is 184 Å². The molecule has 0 radical (unpaired) electrons. The Morgan fingerprint density at radius 3 is 2.81 bits per heavy atom. The molecule has 0 aromatic carbocycles. The fourth-order valence-electron chi connectivity index (χ4n) is 5.28. The number of nitrogens with one attached hydrogen (secondary N) is 2. The quantitative estimate of drug-likeness (QED) is 0.509. The van der Waals surface area contributed by atoms with E-state index in [0.29, 0.717) is 29.7 Å². The number of nitrogens with zero attached hydrogens (tertiary/aromatic N) is 6. The lowest BCUT2D eigenvalue weighted by molar-refractivity contribution is -0.128. The lowest BCUT2D eigenvalue weighted by Crippen LogP contribution is -2.29. The molecule has 164 valence electrons. The minimum Gasteiger partial charge on any atom is -0.480 e. The molecule has 0 bridgehead atoms. The van der Waals surface area contributed by atoms with Crippen molar-refractivity contribution in [1.29, 1.82) is 0 Å². The van der Waals surface area contributed by atoms with Crippen molar-refractivity contribution in [2.75, 3.05) is 25.5 Å². The van der Waals surface area contributed by atoms with Crippen LogP contribution in [0.25, 0.3) is 27.8 Å². The zero-order chi connectivity index (χ0) is 21.8. The Hall–Kier alpha value is -3.69. The highest BCUT2D eigenvalue weighted by molar-refractivity contribution is 5.98. The topological polar surface area (TPSA) is 113 Å². The van der Waals surface area contributed by atoms with Crippen LogP contribution >= 0.6 is 0 Å². The third kappa shape index (κ3) is 3.05. The molecule has 2 N–H and O–H groups in total. The van der Waals surface area contributed by atoms with Gasteiger partial charge in [0.1, 0.15) is 12.0 Å². The molecule has 4 aromatic heterocycles. The Bertz CT molecular complexity index is 1310. The number of methoxy groups -OCH3 is 1. The third-order valence-corrected chi connectivity index (χ3v) is 6.81. The number of anilines is 1. The molecule has 10 nitrogen and oxygen atoms in total. The standard InChI is InChI=1S/C22H24N8O2/c1-12(31)29-9-14-5-16(6-15(14)10-29)26-22-27-20-19(21(28-22)32-2)17(8-23-20)13-3-4-30-18(7-13)24-11-25-30/h3-4,7-8,11,14-16H,5-6,9-10H2,1-2H3,(H2,23,26,27,28)/t14-,15+,16+. The molecule has 5 heterocycles. The number of fused-ring (bicyclic) bond motifs is 3. The Morgan fingerprint density at radius 1 is 1.25 bits per heavy atom. The molecular formula is C22H24N8O2. The van der Waals surface area contributed by atoms with Crippen molar-refractivity contribution >= 4 is 28.5 Å². The van der Waals surface area contributed by atoms with Crippen LogP contribution in [0.4, 0.5) is 5.95 Å². The first-order valence-corrected chi connectivity index (χ1v) is 10.8. The number of pyridine rings is 1. The molecule has 1 amide bonds. The van der Waals surface area contributed by atoms with Gasteiger partial charge in [0.05, 0.1) is 12.5 Å². The van der Waals surface area contributed by atoms with Crippen LogP contribution in [-0.4, -0.2) is 66.6 Å². The van der Waals surface area contributed by atoms with Crippen LogP contribution < -0.4 is 10.1 Å². The first-order valence-electron chi connectivity index (χ1n) is 10.8. The maximum atomic E-state index is 11.7. The van der Waals surface area contributed by atoms with Gasteiger partial charge in [-0.1, -0.05) is 0 Å². The normalized spacial score (nSPS) is 22.6. The summed E-state index contributed by atoms with van der Waals surface area (Å²) in [4.78, 5) is 30.6. The van der Waals surface area contributed by atoms with E-state index in [9.17, 15) is 4.79 Å². The predicted octanol–water partition coefficient (Wildman–Crippen LogP) is 2.34. The summed E-state index contributed by atoms with van der Waals surface area (Å²) in [5, 5.41) is 8.49. The second-order valence-corrected chi connectivity index (χ2v) is 8.72. The molecule has 3 atom stereocenters. The molecule has 32 heavy (non-hydrogen) atoms. The number of H-pyrrole nitrogens is 1. The van der Waals surface area contributed by atoms with Crippen molar-refractivity contribution in [3.8, 4) is 17.0 Å². The number of hydrogen-bond acceptors (Lipinski definition) is 7. The van der Waals surface area contributed by atoms with Crippen LogP contribution in [-0.2, 0) is 4.79 Å². The molecule has 1 aliphatic heterocycles. The summed E-state index contributed by atoms with van der Waals surface area (Å²) in [6.07, 6.45) is 7.37. The van der Waals surface area contributed by atoms with E-state index < -0.39 is 0 Å². The number of carbonyl (C=O) groups is 1. The van der Waals surface area contributed by atoms with Crippen LogP contribution in [0.15, 0.2) is 30.9 Å².